The Morgan fingerprint density at radius 2 is 1.90 bits per heavy atom. The number of rotatable bonds is 7. The summed E-state index contributed by atoms with van der Waals surface area (Å²) in [4.78, 5) is 27.4. The van der Waals surface area contributed by atoms with Gasteiger partial charge < -0.3 is 19.4 Å². The van der Waals surface area contributed by atoms with Gasteiger partial charge in [0.1, 0.15) is 12.4 Å². The normalized spacial score (nSPS) is 14.5. The fourth-order valence-electron chi connectivity index (χ4n) is 3.74. The zero-order valence-electron chi connectivity index (χ0n) is 17.7. The van der Waals surface area contributed by atoms with Crippen LogP contribution in [0, 0.1) is 0 Å². The maximum absolute atomic E-state index is 12.8. The maximum Gasteiger partial charge on any atom is 0.252 e. The Balaban J connectivity index is 1.38. The molecule has 2 aromatic carbocycles. The van der Waals surface area contributed by atoms with E-state index in [1.165, 1.54) is 6.07 Å². The summed E-state index contributed by atoms with van der Waals surface area (Å²) >= 11 is 0. The van der Waals surface area contributed by atoms with Crippen molar-refractivity contribution in [1.82, 2.24) is 14.8 Å². The topological polar surface area (TPSA) is 72.8 Å². The van der Waals surface area contributed by atoms with Crippen molar-refractivity contribution >= 4 is 16.8 Å². The summed E-state index contributed by atoms with van der Waals surface area (Å²) in [5, 5.41) is 3.68. The molecule has 162 valence electrons. The zero-order valence-corrected chi connectivity index (χ0v) is 17.7. The summed E-state index contributed by atoms with van der Waals surface area (Å²) in [6.45, 7) is 5.24. The van der Waals surface area contributed by atoms with Crippen LogP contribution < -0.4 is 15.6 Å². The number of nitrogens with one attached hydrogen (secondary N) is 1. The third kappa shape index (κ3) is 5.13. The molecule has 1 amide bonds. The van der Waals surface area contributed by atoms with Crippen LogP contribution in [-0.4, -0.2) is 54.8 Å². The van der Waals surface area contributed by atoms with Gasteiger partial charge in [0, 0.05) is 44.7 Å². The van der Waals surface area contributed by atoms with E-state index in [0.717, 1.165) is 55.1 Å². The molecular weight excluding hydrogens is 394 g/mol. The predicted octanol–water partition coefficient (Wildman–Crippen LogP) is 2.18. The number of pyridine rings is 1. The van der Waals surface area contributed by atoms with E-state index in [0.29, 0.717) is 18.7 Å². The number of benzene rings is 2. The van der Waals surface area contributed by atoms with Crippen LogP contribution in [-0.2, 0) is 18.3 Å². The molecule has 0 bridgehead atoms. The third-order valence-corrected chi connectivity index (χ3v) is 5.53. The second-order valence-electron chi connectivity index (χ2n) is 7.60. The summed E-state index contributed by atoms with van der Waals surface area (Å²) in [6.07, 6.45) is 0. The van der Waals surface area contributed by atoms with E-state index >= 15 is 0 Å². The highest BCUT2D eigenvalue weighted by Crippen LogP contribution is 2.17. The number of hydrogen-bond donors (Lipinski definition) is 1. The van der Waals surface area contributed by atoms with Gasteiger partial charge in [0.25, 0.3) is 11.5 Å². The molecule has 1 aliphatic rings. The van der Waals surface area contributed by atoms with Crippen molar-refractivity contribution < 1.29 is 14.3 Å². The minimum absolute atomic E-state index is 0.209. The molecule has 1 saturated heterocycles. The summed E-state index contributed by atoms with van der Waals surface area (Å²) in [6, 6.07) is 16.5. The van der Waals surface area contributed by atoms with Crippen LogP contribution in [0.3, 0.4) is 0 Å². The van der Waals surface area contributed by atoms with E-state index in [1.54, 1.807) is 11.6 Å². The van der Waals surface area contributed by atoms with Crippen LogP contribution in [0.1, 0.15) is 15.9 Å². The molecule has 0 aliphatic carbocycles. The summed E-state index contributed by atoms with van der Waals surface area (Å²) < 4.78 is 12.8. The monoisotopic (exact) mass is 421 g/mol. The Hall–Kier alpha value is -3.16. The molecule has 0 atom stereocenters. The van der Waals surface area contributed by atoms with Crippen molar-refractivity contribution in [3.63, 3.8) is 0 Å². The number of nitrogens with zero attached hydrogens (tertiary/aromatic N) is 2. The van der Waals surface area contributed by atoms with Crippen LogP contribution in [0.2, 0.25) is 0 Å². The van der Waals surface area contributed by atoms with Crippen LogP contribution in [0.15, 0.2) is 59.4 Å². The fourth-order valence-corrected chi connectivity index (χ4v) is 3.74. The maximum atomic E-state index is 12.8. The molecule has 1 N–H and O–H groups in total. The van der Waals surface area contributed by atoms with Crippen molar-refractivity contribution in [3.8, 4) is 5.75 Å². The van der Waals surface area contributed by atoms with Crippen LogP contribution in [0.4, 0.5) is 0 Å². The predicted molar refractivity (Wildman–Crippen MR) is 120 cm³/mol. The highest BCUT2D eigenvalue weighted by atomic mass is 16.5. The number of morpholine rings is 1. The highest BCUT2D eigenvalue weighted by Gasteiger charge is 2.13. The number of aromatic nitrogens is 1. The first kappa shape index (κ1) is 21.1. The van der Waals surface area contributed by atoms with E-state index in [1.807, 2.05) is 48.5 Å². The minimum atomic E-state index is -0.271. The average molecular weight is 421 g/mol. The van der Waals surface area contributed by atoms with Gasteiger partial charge in [-0.15, -0.1) is 0 Å². The molecule has 0 radical (unpaired) electrons. The number of amides is 1. The molecule has 31 heavy (non-hydrogen) atoms. The van der Waals surface area contributed by atoms with Crippen molar-refractivity contribution in [2.75, 3.05) is 39.5 Å². The Morgan fingerprint density at radius 1 is 1.10 bits per heavy atom. The fraction of sp³-hybridized carbons (Fsp3) is 0.333. The lowest BCUT2D eigenvalue weighted by Gasteiger charge is -2.26. The number of ether oxygens (including phenoxy) is 2. The molecule has 4 rings (SSSR count). The van der Waals surface area contributed by atoms with Gasteiger partial charge in [-0.25, -0.2) is 0 Å². The van der Waals surface area contributed by atoms with Crippen LogP contribution in [0.5, 0.6) is 5.75 Å². The number of fused-ring (bicyclic) bond motifs is 1. The number of aryl methyl sites for hydroxylation is 1. The molecule has 1 aromatic heterocycles. The van der Waals surface area contributed by atoms with E-state index in [4.69, 9.17) is 9.47 Å². The Labute approximate surface area is 181 Å². The molecule has 3 aromatic rings. The second-order valence-corrected chi connectivity index (χ2v) is 7.60. The summed E-state index contributed by atoms with van der Waals surface area (Å²) in [5.41, 5.74) is 1.84. The van der Waals surface area contributed by atoms with Gasteiger partial charge >= 0.3 is 0 Å². The lowest BCUT2D eigenvalue weighted by molar-refractivity contribution is 0.0322. The number of carbonyl (C=O) groups excluding carboxylic acids is 1. The van der Waals surface area contributed by atoms with Crippen molar-refractivity contribution in [3.05, 3.63) is 76.1 Å². The van der Waals surface area contributed by atoms with Crippen molar-refractivity contribution in [2.24, 2.45) is 7.05 Å². The van der Waals surface area contributed by atoms with Gasteiger partial charge in [-0.05, 0) is 23.8 Å². The number of para-hydroxylation sites is 1. The molecule has 7 nitrogen and oxygen atoms in total. The average Bonchev–Trinajstić information content (AvgIpc) is 2.81. The molecule has 0 saturated carbocycles. The third-order valence-electron chi connectivity index (χ3n) is 5.53. The van der Waals surface area contributed by atoms with E-state index in [-0.39, 0.29) is 11.5 Å². The largest absolute Gasteiger partial charge is 0.492 e. The van der Waals surface area contributed by atoms with E-state index in [2.05, 4.69) is 10.2 Å². The number of hydrogen-bond acceptors (Lipinski definition) is 5. The smallest absolute Gasteiger partial charge is 0.252 e. The first-order valence-electron chi connectivity index (χ1n) is 10.5. The Morgan fingerprint density at radius 3 is 2.74 bits per heavy atom. The number of carbonyl (C=O) groups is 1. The minimum Gasteiger partial charge on any atom is -0.492 e. The van der Waals surface area contributed by atoms with E-state index in [9.17, 15) is 9.59 Å². The second kappa shape index (κ2) is 9.76. The summed E-state index contributed by atoms with van der Waals surface area (Å²) in [5.74, 6) is 0.506. The first-order chi connectivity index (χ1) is 15.1. The Kier molecular flexibility index (Phi) is 6.64. The van der Waals surface area contributed by atoms with Crippen molar-refractivity contribution in [1.29, 1.82) is 0 Å². The van der Waals surface area contributed by atoms with Crippen molar-refractivity contribution in [2.45, 2.75) is 6.54 Å². The van der Waals surface area contributed by atoms with Crippen LogP contribution >= 0.6 is 0 Å². The summed E-state index contributed by atoms with van der Waals surface area (Å²) in [7, 11) is 1.71. The lowest BCUT2D eigenvalue weighted by atomic mass is 10.1. The molecule has 1 fully saturated rings. The van der Waals surface area contributed by atoms with Gasteiger partial charge in [-0.2, -0.15) is 0 Å². The standard InChI is InChI=1S/C24H27N3O4/c1-26-22-8-3-2-7-20(22)21(16-23(26)28)24(29)25-17-18-5-4-6-19(15-18)31-14-11-27-9-12-30-13-10-27/h2-8,15-16H,9-14,17H2,1H3,(H,25,29). The Bertz CT molecular complexity index is 1120. The van der Waals surface area contributed by atoms with Gasteiger partial charge in [0.15, 0.2) is 0 Å². The molecule has 0 spiro atoms. The highest BCUT2D eigenvalue weighted by molar-refractivity contribution is 6.06. The van der Waals surface area contributed by atoms with Gasteiger partial charge in [0.05, 0.1) is 24.3 Å². The first-order valence-corrected chi connectivity index (χ1v) is 10.5. The molecule has 0 unspecified atom stereocenters. The molecular formula is C24H27N3O4. The zero-order chi connectivity index (χ0) is 21.6. The SMILES string of the molecule is Cn1c(=O)cc(C(=O)NCc2cccc(OCCN3CCOCC3)c2)c2ccccc21. The van der Waals surface area contributed by atoms with Gasteiger partial charge in [-0.3, -0.25) is 14.5 Å². The molecule has 7 heteroatoms. The van der Waals surface area contributed by atoms with Gasteiger partial charge in [0.2, 0.25) is 0 Å². The van der Waals surface area contributed by atoms with E-state index < -0.39 is 0 Å². The quantitative estimate of drug-likeness (QED) is 0.633. The van der Waals surface area contributed by atoms with Gasteiger partial charge in [-0.1, -0.05) is 30.3 Å². The van der Waals surface area contributed by atoms with Crippen LogP contribution in [0.25, 0.3) is 10.9 Å². The molecule has 1 aliphatic heterocycles. The lowest BCUT2D eigenvalue weighted by Crippen LogP contribution is -2.38. The molecule has 2 heterocycles.